The molecule has 0 bridgehead atoms. The Morgan fingerprint density at radius 3 is 1.84 bits per heavy atom. The van der Waals surface area contributed by atoms with Gasteiger partial charge in [0.1, 0.15) is 0 Å². The lowest BCUT2D eigenvalue weighted by Gasteiger charge is -2.15. The maximum Gasteiger partial charge on any atom is 0.186 e. The molecule has 1 aliphatic rings. The standard InChI is InChI=1S/C15H12OS3/c16-15-11(7-13-3-1-5-18-13)9-17-10-12(15)8-14-4-2-6-19-14/h1-8H,9-10H2/b11-7-,12-8-. The van der Waals surface area contributed by atoms with E-state index in [0.29, 0.717) is 0 Å². The number of hydrogen-bond donors (Lipinski definition) is 0. The van der Waals surface area contributed by atoms with Crippen molar-refractivity contribution in [3.05, 3.63) is 55.9 Å². The summed E-state index contributed by atoms with van der Waals surface area (Å²) in [6.07, 6.45) is 4.06. The van der Waals surface area contributed by atoms with Crippen LogP contribution in [0.4, 0.5) is 0 Å². The smallest absolute Gasteiger partial charge is 0.186 e. The van der Waals surface area contributed by atoms with Crippen molar-refractivity contribution < 1.29 is 4.79 Å². The van der Waals surface area contributed by atoms with Crippen molar-refractivity contribution in [2.24, 2.45) is 0 Å². The van der Waals surface area contributed by atoms with E-state index in [1.165, 1.54) is 0 Å². The first-order valence-electron chi connectivity index (χ1n) is 5.93. The van der Waals surface area contributed by atoms with Gasteiger partial charge in [-0.15, -0.1) is 22.7 Å². The molecule has 0 aliphatic carbocycles. The molecular weight excluding hydrogens is 292 g/mol. The third-order valence-corrected chi connectivity index (χ3v) is 5.49. The Kier molecular flexibility index (Phi) is 4.01. The van der Waals surface area contributed by atoms with Crippen LogP contribution in [0.25, 0.3) is 12.2 Å². The van der Waals surface area contributed by atoms with Gasteiger partial charge < -0.3 is 0 Å². The number of carbonyl (C=O) groups excluding carboxylic acids is 1. The zero-order valence-corrected chi connectivity index (χ0v) is 12.6. The van der Waals surface area contributed by atoms with Gasteiger partial charge >= 0.3 is 0 Å². The molecule has 0 aromatic carbocycles. The molecule has 0 atom stereocenters. The van der Waals surface area contributed by atoms with E-state index >= 15 is 0 Å². The van der Waals surface area contributed by atoms with E-state index < -0.39 is 0 Å². The summed E-state index contributed by atoms with van der Waals surface area (Å²) >= 11 is 5.15. The Bertz CT molecular complexity index is 564. The summed E-state index contributed by atoms with van der Waals surface area (Å²) in [4.78, 5) is 14.7. The van der Waals surface area contributed by atoms with Crippen LogP contribution in [0.5, 0.6) is 0 Å². The Balaban J connectivity index is 1.87. The fourth-order valence-corrected chi connectivity index (χ4v) is 4.25. The first-order chi connectivity index (χ1) is 9.33. The summed E-state index contributed by atoms with van der Waals surface area (Å²) in [6.45, 7) is 0. The molecule has 0 N–H and O–H groups in total. The number of thioether (sulfide) groups is 1. The van der Waals surface area contributed by atoms with Crippen LogP contribution in [0.15, 0.2) is 46.2 Å². The van der Waals surface area contributed by atoms with Gasteiger partial charge in [0.2, 0.25) is 0 Å². The number of ketones is 1. The van der Waals surface area contributed by atoms with Crippen molar-refractivity contribution in [1.82, 2.24) is 0 Å². The van der Waals surface area contributed by atoms with Crippen molar-refractivity contribution >= 4 is 52.4 Å². The molecule has 96 valence electrons. The molecule has 4 heteroatoms. The van der Waals surface area contributed by atoms with Crippen molar-refractivity contribution in [2.75, 3.05) is 11.5 Å². The number of carbonyl (C=O) groups is 1. The third-order valence-electron chi connectivity index (χ3n) is 2.82. The number of Topliss-reactive ketones (excluding diaryl/α,β-unsaturated/α-hetero) is 1. The highest BCUT2D eigenvalue weighted by Crippen LogP contribution is 2.28. The van der Waals surface area contributed by atoms with E-state index in [-0.39, 0.29) is 5.78 Å². The molecule has 1 aliphatic heterocycles. The molecule has 0 amide bonds. The van der Waals surface area contributed by atoms with Gasteiger partial charge in [-0.25, -0.2) is 0 Å². The zero-order chi connectivity index (χ0) is 13.1. The second-order valence-corrected chi connectivity index (χ2v) is 7.14. The van der Waals surface area contributed by atoms with Crippen LogP contribution in [0.2, 0.25) is 0 Å². The van der Waals surface area contributed by atoms with E-state index in [9.17, 15) is 4.79 Å². The van der Waals surface area contributed by atoms with E-state index in [0.717, 1.165) is 32.4 Å². The zero-order valence-electron chi connectivity index (χ0n) is 10.2. The van der Waals surface area contributed by atoms with Crippen LogP contribution in [0.1, 0.15) is 9.75 Å². The van der Waals surface area contributed by atoms with Crippen LogP contribution in [0, 0.1) is 0 Å². The van der Waals surface area contributed by atoms with E-state index in [1.54, 1.807) is 22.7 Å². The molecule has 2 aromatic rings. The minimum atomic E-state index is 0.209. The first-order valence-corrected chi connectivity index (χ1v) is 8.85. The van der Waals surface area contributed by atoms with Crippen LogP contribution in [-0.2, 0) is 4.79 Å². The Morgan fingerprint density at radius 2 is 1.42 bits per heavy atom. The largest absolute Gasteiger partial charge is 0.289 e. The van der Waals surface area contributed by atoms with Crippen molar-refractivity contribution in [3.8, 4) is 0 Å². The average molecular weight is 304 g/mol. The normalized spacial score (nSPS) is 20.3. The lowest BCUT2D eigenvalue weighted by atomic mass is 10.0. The first kappa shape index (κ1) is 12.9. The van der Waals surface area contributed by atoms with Gasteiger partial charge in [0.15, 0.2) is 5.78 Å². The van der Waals surface area contributed by atoms with Crippen molar-refractivity contribution in [3.63, 3.8) is 0 Å². The third kappa shape index (κ3) is 3.08. The highest BCUT2D eigenvalue weighted by molar-refractivity contribution is 7.99. The fraction of sp³-hybridized carbons (Fsp3) is 0.133. The predicted octanol–water partition coefficient (Wildman–Crippen LogP) is 4.59. The molecular formula is C15H12OS3. The fourth-order valence-electron chi connectivity index (χ4n) is 1.91. The van der Waals surface area contributed by atoms with Crippen LogP contribution in [-0.4, -0.2) is 17.3 Å². The maximum absolute atomic E-state index is 12.4. The number of hydrogen-bond acceptors (Lipinski definition) is 4. The van der Waals surface area contributed by atoms with Crippen molar-refractivity contribution in [2.45, 2.75) is 0 Å². The monoisotopic (exact) mass is 304 g/mol. The molecule has 3 rings (SSSR count). The molecule has 3 heterocycles. The van der Waals surface area contributed by atoms with E-state index in [4.69, 9.17) is 0 Å². The minimum Gasteiger partial charge on any atom is -0.289 e. The lowest BCUT2D eigenvalue weighted by Crippen LogP contribution is -2.15. The average Bonchev–Trinajstić information content (AvgIpc) is 3.07. The van der Waals surface area contributed by atoms with Gasteiger partial charge in [-0.2, -0.15) is 11.8 Å². The Hall–Kier alpha value is -1.10. The van der Waals surface area contributed by atoms with Crippen molar-refractivity contribution in [1.29, 1.82) is 0 Å². The van der Waals surface area contributed by atoms with Gasteiger partial charge in [-0.1, -0.05) is 12.1 Å². The summed E-state index contributed by atoms with van der Waals surface area (Å²) in [7, 11) is 0. The van der Waals surface area contributed by atoms with Crippen LogP contribution >= 0.6 is 34.4 Å². The highest BCUT2D eigenvalue weighted by atomic mass is 32.2. The van der Waals surface area contributed by atoms with Gasteiger partial charge in [0.05, 0.1) is 0 Å². The second-order valence-electron chi connectivity index (χ2n) is 4.19. The van der Waals surface area contributed by atoms with Gasteiger partial charge in [-0.3, -0.25) is 4.79 Å². The molecule has 0 unspecified atom stereocenters. The molecule has 0 spiro atoms. The molecule has 1 nitrogen and oxygen atoms in total. The molecule has 19 heavy (non-hydrogen) atoms. The second kappa shape index (κ2) is 5.90. The lowest BCUT2D eigenvalue weighted by molar-refractivity contribution is -0.112. The van der Waals surface area contributed by atoms with Gasteiger partial charge in [0, 0.05) is 32.4 Å². The topological polar surface area (TPSA) is 17.1 Å². The SMILES string of the molecule is O=C1/C(=C\c2cccs2)CSC/C1=C/c1cccs1. The summed E-state index contributed by atoms with van der Waals surface area (Å²) in [5, 5.41) is 4.07. The molecule has 2 aromatic heterocycles. The Labute approximate surface area is 124 Å². The number of rotatable bonds is 2. The minimum absolute atomic E-state index is 0.209. The Morgan fingerprint density at radius 1 is 0.895 bits per heavy atom. The maximum atomic E-state index is 12.4. The molecule has 0 saturated carbocycles. The van der Waals surface area contributed by atoms with Crippen LogP contribution < -0.4 is 0 Å². The summed E-state index contributed by atoms with van der Waals surface area (Å²) < 4.78 is 0. The summed E-state index contributed by atoms with van der Waals surface area (Å²) in [6, 6.07) is 8.12. The quantitative estimate of drug-likeness (QED) is 0.755. The molecule has 0 radical (unpaired) electrons. The molecule has 1 saturated heterocycles. The predicted molar refractivity (Wildman–Crippen MR) is 86.9 cm³/mol. The summed E-state index contributed by atoms with van der Waals surface area (Å²) in [5.74, 6) is 1.84. The number of thiophene rings is 2. The van der Waals surface area contributed by atoms with Gasteiger partial charge in [0.25, 0.3) is 0 Å². The highest BCUT2D eigenvalue weighted by Gasteiger charge is 2.21. The summed E-state index contributed by atoms with van der Waals surface area (Å²) in [5.41, 5.74) is 1.84. The van der Waals surface area contributed by atoms with Crippen LogP contribution in [0.3, 0.4) is 0 Å². The van der Waals surface area contributed by atoms with Gasteiger partial charge in [-0.05, 0) is 35.0 Å². The van der Waals surface area contributed by atoms with E-state index in [2.05, 4.69) is 0 Å². The van der Waals surface area contributed by atoms with E-state index in [1.807, 2.05) is 58.9 Å². The molecule has 1 fully saturated rings.